The first-order chi connectivity index (χ1) is 23.0. The number of nitrogen functional groups attached to an aromatic ring is 1. The summed E-state index contributed by atoms with van der Waals surface area (Å²) in [4.78, 5) is 43.5. The molecule has 0 saturated carbocycles. The molecule has 2 aromatic rings. The maximum atomic E-state index is 13.7. The third-order valence-corrected chi connectivity index (χ3v) is 10.3. The minimum atomic E-state index is -1.51. The van der Waals surface area contributed by atoms with Crippen molar-refractivity contribution in [3.8, 4) is 11.3 Å². The summed E-state index contributed by atoms with van der Waals surface area (Å²) >= 11 is 0. The second kappa shape index (κ2) is 15.6. The number of aliphatic hydroxyl groups excluding tert-OH is 1. The van der Waals surface area contributed by atoms with Crippen molar-refractivity contribution in [2.75, 3.05) is 18.8 Å². The fourth-order valence-electron chi connectivity index (χ4n) is 7.46. The number of aryl methyl sites for hydroxylation is 1. The van der Waals surface area contributed by atoms with Crippen LogP contribution in [-0.2, 0) is 25.6 Å². The van der Waals surface area contributed by atoms with E-state index >= 15 is 0 Å². The predicted octanol–water partition coefficient (Wildman–Crippen LogP) is 3.58. The van der Waals surface area contributed by atoms with Gasteiger partial charge in [0.2, 0.25) is 5.91 Å². The van der Waals surface area contributed by atoms with E-state index in [1.165, 1.54) is 6.92 Å². The highest BCUT2D eigenvalue weighted by Crippen LogP contribution is 2.41. The van der Waals surface area contributed by atoms with Crippen LogP contribution >= 0.6 is 0 Å². The van der Waals surface area contributed by atoms with Crippen LogP contribution in [0.1, 0.15) is 80.6 Å². The summed E-state index contributed by atoms with van der Waals surface area (Å²) in [6, 6.07) is 6.24. The van der Waals surface area contributed by atoms with Crippen LogP contribution in [0, 0.1) is 11.8 Å². The summed E-state index contributed by atoms with van der Waals surface area (Å²) in [6.07, 6.45) is 0.684. The lowest BCUT2D eigenvalue weighted by Crippen LogP contribution is -2.62. The number of hydrogen-bond donors (Lipinski definition) is 3. The molecule has 0 aliphatic carbocycles. The molecular formula is C35H53BN6O7. The number of amides is 2. The quantitative estimate of drug-likeness (QED) is 0.223. The van der Waals surface area contributed by atoms with Crippen molar-refractivity contribution >= 4 is 31.3 Å². The zero-order chi connectivity index (χ0) is 36.3. The van der Waals surface area contributed by atoms with E-state index in [2.05, 4.69) is 10.3 Å². The summed E-state index contributed by atoms with van der Waals surface area (Å²) in [5.41, 5.74) is 5.45. The average molecular weight is 681 g/mol. The third kappa shape index (κ3) is 8.64. The highest BCUT2D eigenvalue weighted by atomic mass is 16.6. The Morgan fingerprint density at radius 2 is 1.86 bits per heavy atom. The van der Waals surface area contributed by atoms with Gasteiger partial charge in [-0.15, -0.1) is 5.10 Å². The predicted molar refractivity (Wildman–Crippen MR) is 185 cm³/mol. The molecule has 13 nitrogen and oxygen atoms in total. The van der Waals surface area contributed by atoms with Crippen LogP contribution in [0.3, 0.4) is 0 Å². The Hall–Kier alpha value is -3.49. The van der Waals surface area contributed by atoms with E-state index in [-0.39, 0.29) is 37.0 Å². The maximum absolute atomic E-state index is 13.7. The molecule has 49 heavy (non-hydrogen) atoms. The van der Waals surface area contributed by atoms with E-state index in [1.807, 2.05) is 51.2 Å². The average Bonchev–Trinajstić information content (AvgIpc) is 3.60. The van der Waals surface area contributed by atoms with Gasteiger partial charge in [-0.05, 0) is 70.3 Å². The molecular weight excluding hydrogens is 627 g/mol. The number of fused-ring (bicyclic) bond motifs is 1. The molecule has 3 heterocycles. The van der Waals surface area contributed by atoms with Crippen molar-refractivity contribution in [1.29, 1.82) is 0 Å². The standard InChI is InChI=1S/C35H53BN6O7/c1-8-30-35(7)31(41(33(46)49-35)15-10-9-14-40-20-27(38-39-40)25-12-11-13-26(37)16-25)23(4)42(24(5)43)19-21(2)18-34(6,47)29(36)17-28(44)22(3)32(45)48-30/h11-13,16,20-23,29-32,45,47H,8-10,14-15,17-19,37H2,1-7H3/t21-,22-,23-,29-,30-,31-,32?,34+,35-/m1/s1. The van der Waals surface area contributed by atoms with Crippen LogP contribution in [0.15, 0.2) is 30.5 Å². The van der Waals surface area contributed by atoms with E-state index in [1.54, 1.807) is 35.3 Å². The highest BCUT2D eigenvalue weighted by molar-refractivity contribution is 6.14. The zero-order valence-corrected chi connectivity index (χ0v) is 29.9. The van der Waals surface area contributed by atoms with Gasteiger partial charge in [-0.3, -0.25) is 19.2 Å². The molecule has 0 bridgehead atoms. The van der Waals surface area contributed by atoms with Gasteiger partial charge >= 0.3 is 6.09 Å². The largest absolute Gasteiger partial charge is 0.438 e. The molecule has 2 radical (unpaired) electrons. The minimum Gasteiger partial charge on any atom is -0.438 e. The molecule has 2 aliphatic heterocycles. The van der Waals surface area contributed by atoms with Gasteiger partial charge in [0.05, 0.1) is 37.6 Å². The van der Waals surface area contributed by atoms with Gasteiger partial charge in [-0.1, -0.05) is 38.1 Å². The van der Waals surface area contributed by atoms with Crippen LogP contribution in [0.2, 0.25) is 5.82 Å². The molecule has 2 fully saturated rings. The molecule has 1 aromatic carbocycles. The van der Waals surface area contributed by atoms with E-state index in [0.29, 0.717) is 43.7 Å². The Kier molecular flexibility index (Phi) is 12.2. The summed E-state index contributed by atoms with van der Waals surface area (Å²) in [5.74, 6) is -2.59. The summed E-state index contributed by atoms with van der Waals surface area (Å²) in [6.45, 7) is 13.2. The first-order valence-electron chi connectivity index (χ1n) is 17.4. The van der Waals surface area contributed by atoms with Crippen LogP contribution in [-0.4, -0.2) is 109 Å². The lowest BCUT2D eigenvalue weighted by molar-refractivity contribution is -0.210. The second-order valence-electron chi connectivity index (χ2n) is 14.5. The van der Waals surface area contributed by atoms with E-state index in [0.717, 1.165) is 5.56 Å². The minimum absolute atomic E-state index is 0.162. The number of unbranched alkanes of at least 4 members (excludes halogenated alkanes) is 1. The number of benzene rings is 1. The number of Topliss-reactive ketones (excluding diaryl/α,β-unsaturated/α-hetero) is 1. The maximum Gasteiger partial charge on any atom is 0.410 e. The van der Waals surface area contributed by atoms with Crippen molar-refractivity contribution in [3.05, 3.63) is 30.5 Å². The van der Waals surface area contributed by atoms with Crippen molar-refractivity contribution in [2.45, 2.75) is 129 Å². The number of ketones is 1. The monoisotopic (exact) mass is 680 g/mol. The number of hydrogen-bond acceptors (Lipinski definition) is 10. The van der Waals surface area contributed by atoms with E-state index < -0.39 is 53.5 Å². The van der Waals surface area contributed by atoms with Crippen molar-refractivity contribution < 1.29 is 34.1 Å². The zero-order valence-electron chi connectivity index (χ0n) is 29.9. The van der Waals surface area contributed by atoms with Gasteiger partial charge in [-0.25, -0.2) is 4.79 Å². The molecule has 4 N–H and O–H groups in total. The van der Waals surface area contributed by atoms with E-state index in [4.69, 9.17) is 23.1 Å². The normalized spacial score (nSPS) is 33.4. The topological polar surface area (TPSA) is 173 Å². The van der Waals surface area contributed by atoms with Crippen molar-refractivity contribution in [3.63, 3.8) is 0 Å². The fourth-order valence-corrected chi connectivity index (χ4v) is 7.46. The molecule has 0 spiro atoms. The Morgan fingerprint density at radius 3 is 2.51 bits per heavy atom. The van der Waals surface area contributed by atoms with Crippen LogP contribution in [0.5, 0.6) is 0 Å². The number of anilines is 1. The first kappa shape index (κ1) is 38.3. The molecule has 1 aromatic heterocycles. The van der Waals surface area contributed by atoms with Crippen molar-refractivity contribution in [2.24, 2.45) is 11.8 Å². The number of ether oxygens (including phenoxy) is 2. The van der Waals surface area contributed by atoms with Crippen LogP contribution < -0.4 is 5.73 Å². The van der Waals surface area contributed by atoms with Gasteiger partial charge in [0.1, 0.15) is 17.6 Å². The molecule has 2 saturated heterocycles. The molecule has 9 atom stereocenters. The summed E-state index contributed by atoms with van der Waals surface area (Å²) in [7, 11) is 6.33. The van der Waals surface area contributed by atoms with Gasteiger partial charge in [0.25, 0.3) is 0 Å². The molecule has 1 unspecified atom stereocenters. The Balaban J connectivity index is 1.60. The number of aliphatic hydroxyl groups is 2. The lowest BCUT2D eigenvalue weighted by Gasteiger charge is -2.45. The SMILES string of the molecule is [B][C@@H]1CC(=O)[C@@H](C)C(O)O[C@H](CC)[C@@]2(C)OC(=O)N(CCCCn3cc(-c4cccc(N)c4)nn3)[C@@H]2[C@@H](C)N(C(C)=O)C[C@H](C)C[C@]1(C)O. The molecule has 2 amide bonds. The first-order valence-corrected chi connectivity index (χ1v) is 17.4. The van der Waals surface area contributed by atoms with Crippen molar-refractivity contribution in [1.82, 2.24) is 24.8 Å². The Morgan fingerprint density at radius 1 is 1.16 bits per heavy atom. The Labute approximate surface area is 290 Å². The summed E-state index contributed by atoms with van der Waals surface area (Å²) in [5, 5.41) is 31.0. The van der Waals surface area contributed by atoms with Gasteiger partial charge in [0, 0.05) is 44.2 Å². The van der Waals surface area contributed by atoms with Crippen LogP contribution in [0.4, 0.5) is 10.5 Å². The summed E-state index contributed by atoms with van der Waals surface area (Å²) < 4.78 is 14.1. The number of nitrogens with two attached hydrogens (primary N) is 1. The highest BCUT2D eigenvalue weighted by Gasteiger charge is 2.59. The Bertz CT molecular complexity index is 1470. The van der Waals surface area contributed by atoms with Gasteiger partial charge in [0.15, 0.2) is 11.9 Å². The van der Waals surface area contributed by atoms with Gasteiger partial charge < -0.3 is 30.3 Å². The number of rotatable bonds is 7. The number of nitrogens with zero attached hydrogens (tertiary/aromatic N) is 5. The molecule has 2 aliphatic rings. The van der Waals surface area contributed by atoms with Gasteiger partial charge in [-0.2, -0.15) is 0 Å². The third-order valence-electron chi connectivity index (χ3n) is 10.3. The number of carbonyl (C=O) groups excluding carboxylic acids is 3. The second-order valence-corrected chi connectivity index (χ2v) is 14.5. The number of aromatic nitrogens is 3. The molecule has 268 valence electrons. The number of carbonyl (C=O) groups is 3. The van der Waals surface area contributed by atoms with Crippen LogP contribution in [0.25, 0.3) is 11.3 Å². The smallest absolute Gasteiger partial charge is 0.410 e. The molecule has 4 rings (SSSR count). The lowest BCUT2D eigenvalue weighted by atomic mass is 9.67. The fraction of sp³-hybridized carbons (Fsp3) is 0.686. The van der Waals surface area contributed by atoms with E-state index in [9.17, 15) is 24.6 Å². The molecule has 14 heteroatoms.